The summed E-state index contributed by atoms with van der Waals surface area (Å²) in [5.41, 5.74) is 0. The molecule has 6 heteroatoms. The van der Waals surface area contributed by atoms with Crippen molar-refractivity contribution in [3.63, 3.8) is 0 Å². The molecular weight excluding hydrogens is 301 g/mol. The van der Waals surface area contributed by atoms with E-state index in [9.17, 15) is 9.90 Å². The molecule has 0 heterocycles. The number of amides is 1. The summed E-state index contributed by atoms with van der Waals surface area (Å²) in [7, 11) is 0. The molecule has 0 aliphatic heterocycles. The van der Waals surface area contributed by atoms with Crippen LogP contribution in [0, 0.1) is 5.92 Å². The molecule has 1 rings (SSSR count). The zero-order valence-electron chi connectivity index (χ0n) is 11.5. The Hall–Kier alpha value is -0.970. The van der Waals surface area contributed by atoms with Crippen LogP contribution in [-0.4, -0.2) is 30.3 Å². The molecule has 0 spiro atoms. The molecule has 0 saturated heterocycles. The van der Waals surface area contributed by atoms with Gasteiger partial charge in [0.2, 0.25) is 0 Å². The van der Waals surface area contributed by atoms with Gasteiger partial charge in [-0.25, -0.2) is 0 Å². The van der Waals surface area contributed by atoms with Gasteiger partial charge in [-0.3, -0.25) is 4.79 Å². The predicted octanol–water partition coefficient (Wildman–Crippen LogP) is 2.90. The van der Waals surface area contributed by atoms with Gasteiger partial charge in [0.25, 0.3) is 5.91 Å². The molecule has 20 heavy (non-hydrogen) atoms. The quantitative estimate of drug-likeness (QED) is 0.812. The van der Waals surface area contributed by atoms with Crippen molar-refractivity contribution in [1.82, 2.24) is 5.32 Å². The van der Waals surface area contributed by atoms with E-state index in [-0.39, 0.29) is 24.5 Å². The Balaban J connectivity index is 2.31. The Morgan fingerprint density at radius 1 is 1.35 bits per heavy atom. The van der Waals surface area contributed by atoms with Gasteiger partial charge in [-0.1, -0.05) is 30.1 Å². The molecule has 0 radical (unpaired) electrons. The second-order valence-corrected chi connectivity index (χ2v) is 5.67. The Morgan fingerprint density at radius 3 is 2.65 bits per heavy atom. The normalized spacial score (nSPS) is 13.7. The summed E-state index contributed by atoms with van der Waals surface area (Å²) in [6.07, 6.45) is 0.280. The molecule has 2 N–H and O–H groups in total. The third-order valence-corrected chi connectivity index (χ3v) is 3.39. The van der Waals surface area contributed by atoms with Gasteiger partial charge in [0, 0.05) is 12.6 Å². The van der Waals surface area contributed by atoms with E-state index in [0.717, 1.165) is 0 Å². The van der Waals surface area contributed by atoms with Gasteiger partial charge in [-0.05, 0) is 31.4 Å². The van der Waals surface area contributed by atoms with E-state index in [1.165, 1.54) is 0 Å². The van der Waals surface area contributed by atoms with E-state index in [1.807, 2.05) is 6.92 Å². The molecule has 0 fully saturated rings. The van der Waals surface area contributed by atoms with Crippen molar-refractivity contribution in [2.75, 3.05) is 13.2 Å². The number of nitrogens with one attached hydrogen (secondary N) is 1. The van der Waals surface area contributed by atoms with E-state index < -0.39 is 0 Å². The predicted molar refractivity (Wildman–Crippen MR) is 80.4 cm³/mol. The summed E-state index contributed by atoms with van der Waals surface area (Å²) in [4.78, 5) is 11.6. The standard InChI is InChI=1S/C14H19Cl2NO3/c1-9(5-10(2)18)7-17-14(19)8-20-11-3-4-12(15)13(16)6-11/h3-4,6,9-10,18H,5,7-8H2,1-2H3,(H,17,19). The van der Waals surface area contributed by atoms with Crippen molar-refractivity contribution in [1.29, 1.82) is 0 Å². The number of hydrogen-bond donors (Lipinski definition) is 2. The van der Waals surface area contributed by atoms with E-state index >= 15 is 0 Å². The van der Waals surface area contributed by atoms with Crippen LogP contribution >= 0.6 is 23.2 Å². The summed E-state index contributed by atoms with van der Waals surface area (Å²) in [6.45, 7) is 4.12. The lowest BCUT2D eigenvalue weighted by atomic mass is 10.1. The minimum atomic E-state index is -0.366. The van der Waals surface area contributed by atoms with Gasteiger partial charge in [0.15, 0.2) is 6.61 Å². The van der Waals surface area contributed by atoms with Crippen LogP contribution in [0.1, 0.15) is 20.3 Å². The highest BCUT2D eigenvalue weighted by atomic mass is 35.5. The van der Waals surface area contributed by atoms with Crippen LogP contribution in [0.4, 0.5) is 0 Å². The lowest BCUT2D eigenvalue weighted by Gasteiger charge is -2.14. The minimum absolute atomic E-state index is 0.0840. The fourth-order valence-corrected chi connectivity index (χ4v) is 2.01. The first kappa shape index (κ1) is 17.1. The molecule has 4 nitrogen and oxygen atoms in total. The molecule has 1 amide bonds. The number of halogens is 2. The fraction of sp³-hybridized carbons (Fsp3) is 0.500. The Bertz CT molecular complexity index is 452. The molecule has 0 bridgehead atoms. The highest BCUT2D eigenvalue weighted by molar-refractivity contribution is 6.42. The first-order chi connectivity index (χ1) is 9.38. The SMILES string of the molecule is CC(O)CC(C)CNC(=O)COc1ccc(Cl)c(Cl)c1. The van der Waals surface area contributed by atoms with Crippen molar-refractivity contribution in [2.45, 2.75) is 26.4 Å². The van der Waals surface area contributed by atoms with Crippen molar-refractivity contribution >= 4 is 29.1 Å². The van der Waals surface area contributed by atoms with E-state index in [0.29, 0.717) is 28.8 Å². The number of carbonyl (C=O) groups excluding carboxylic acids is 1. The third-order valence-electron chi connectivity index (χ3n) is 2.65. The maximum absolute atomic E-state index is 11.6. The molecule has 0 saturated carbocycles. The molecule has 1 aromatic carbocycles. The fourth-order valence-electron chi connectivity index (χ4n) is 1.72. The first-order valence-corrected chi connectivity index (χ1v) is 7.16. The molecule has 0 aromatic heterocycles. The monoisotopic (exact) mass is 319 g/mol. The number of aliphatic hydroxyl groups excluding tert-OH is 1. The molecule has 2 unspecified atom stereocenters. The summed E-state index contributed by atoms with van der Waals surface area (Å²) < 4.78 is 5.31. The Kier molecular flexibility index (Phi) is 7.13. The van der Waals surface area contributed by atoms with Crippen molar-refractivity contribution in [2.24, 2.45) is 5.92 Å². The van der Waals surface area contributed by atoms with Crippen LogP contribution < -0.4 is 10.1 Å². The van der Waals surface area contributed by atoms with Crippen molar-refractivity contribution in [3.05, 3.63) is 28.2 Å². The topological polar surface area (TPSA) is 58.6 Å². The maximum atomic E-state index is 11.6. The smallest absolute Gasteiger partial charge is 0.257 e. The molecule has 2 atom stereocenters. The number of ether oxygens (including phenoxy) is 1. The molecule has 0 aliphatic rings. The number of carbonyl (C=O) groups is 1. The zero-order valence-corrected chi connectivity index (χ0v) is 13.0. The second kappa shape index (κ2) is 8.35. The highest BCUT2D eigenvalue weighted by Gasteiger charge is 2.09. The number of hydrogen-bond acceptors (Lipinski definition) is 3. The number of aliphatic hydroxyl groups is 1. The summed E-state index contributed by atoms with van der Waals surface area (Å²) in [5.74, 6) is 0.490. The lowest BCUT2D eigenvalue weighted by Crippen LogP contribution is -2.33. The summed E-state index contributed by atoms with van der Waals surface area (Å²) >= 11 is 11.6. The molecular formula is C14H19Cl2NO3. The van der Waals surface area contributed by atoms with E-state index in [2.05, 4.69) is 5.32 Å². The molecule has 112 valence electrons. The van der Waals surface area contributed by atoms with E-state index in [1.54, 1.807) is 25.1 Å². The average molecular weight is 320 g/mol. The maximum Gasteiger partial charge on any atom is 0.257 e. The van der Waals surface area contributed by atoms with E-state index in [4.69, 9.17) is 27.9 Å². The van der Waals surface area contributed by atoms with Crippen LogP contribution in [-0.2, 0) is 4.79 Å². The average Bonchev–Trinajstić information content (AvgIpc) is 2.37. The van der Waals surface area contributed by atoms with Crippen LogP contribution in [0.5, 0.6) is 5.75 Å². The second-order valence-electron chi connectivity index (χ2n) is 4.86. The van der Waals surface area contributed by atoms with Gasteiger partial charge in [-0.15, -0.1) is 0 Å². The van der Waals surface area contributed by atoms with Crippen molar-refractivity contribution < 1.29 is 14.6 Å². The lowest BCUT2D eigenvalue weighted by molar-refractivity contribution is -0.123. The van der Waals surface area contributed by atoms with Gasteiger partial charge in [0.1, 0.15) is 5.75 Å². The number of rotatable bonds is 7. The van der Waals surface area contributed by atoms with Gasteiger partial charge in [-0.2, -0.15) is 0 Å². The molecule has 0 aliphatic carbocycles. The van der Waals surface area contributed by atoms with Gasteiger partial charge < -0.3 is 15.2 Å². The van der Waals surface area contributed by atoms with Crippen LogP contribution in [0.2, 0.25) is 10.0 Å². The largest absolute Gasteiger partial charge is 0.484 e. The van der Waals surface area contributed by atoms with Gasteiger partial charge >= 0.3 is 0 Å². The Morgan fingerprint density at radius 2 is 2.05 bits per heavy atom. The zero-order chi connectivity index (χ0) is 15.1. The van der Waals surface area contributed by atoms with Crippen molar-refractivity contribution in [3.8, 4) is 5.75 Å². The van der Waals surface area contributed by atoms with Crippen LogP contribution in [0.15, 0.2) is 18.2 Å². The van der Waals surface area contributed by atoms with Gasteiger partial charge in [0.05, 0.1) is 16.1 Å². The first-order valence-electron chi connectivity index (χ1n) is 6.41. The summed E-state index contributed by atoms with van der Waals surface area (Å²) in [6, 6.07) is 4.83. The third kappa shape index (κ3) is 6.46. The summed E-state index contributed by atoms with van der Waals surface area (Å²) in [5, 5.41) is 12.8. The number of benzene rings is 1. The molecule has 1 aromatic rings. The van der Waals surface area contributed by atoms with Crippen LogP contribution in [0.3, 0.4) is 0 Å². The van der Waals surface area contributed by atoms with Crippen LogP contribution in [0.25, 0.3) is 0 Å². The Labute approximate surface area is 129 Å². The minimum Gasteiger partial charge on any atom is -0.484 e. The highest BCUT2D eigenvalue weighted by Crippen LogP contribution is 2.26.